The fourth-order valence-corrected chi connectivity index (χ4v) is 3.87. The summed E-state index contributed by atoms with van der Waals surface area (Å²) in [7, 11) is 0. The van der Waals surface area contributed by atoms with Crippen molar-refractivity contribution < 1.29 is 4.79 Å². The zero-order chi connectivity index (χ0) is 18.6. The molecule has 1 amide bonds. The third kappa shape index (κ3) is 4.04. The maximum absolute atomic E-state index is 12.9. The van der Waals surface area contributed by atoms with Crippen molar-refractivity contribution in [2.24, 2.45) is 0 Å². The van der Waals surface area contributed by atoms with E-state index in [1.165, 1.54) is 30.5 Å². The minimum atomic E-state index is 0.0135. The second-order valence-electron chi connectivity index (χ2n) is 7.41. The van der Waals surface area contributed by atoms with E-state index in [0.29, 0.717) is 11.6 Å². The topological polar surface area (TPSA) is 52.6 Å². The predicted molar refractivity (Wildman–Crippen MR) is 107 cm³/mol. The predicted octanol–water partition coefficient (Wildman–Crippen LogP) is 2.74. The zero-order valence-electron chi connectivity index (χ0n) is 16.0. The molecule has 1 aromatic heterocycles. The summed E-state index contributed by atoms with van der Waals surface area (Å²) in [6.07, 6.45) is 5.32. The number of carbonyl (C=O) groups excluding carboxylic acids is 1. The number of piperazine rings is 1. The Labute approximate surface area is 160 Å². The minimum Gasteiger partial charge on any atom is -0.368 e. The average molecular weight is 365 g/mol. The van der Waals surface area contributed by atoms with Crippen LogP contribution in [0.2, 0.25) is 0 Å². The van der Waals surface area contributed by atoms with Gasteiger partial charge in [0.15, 0.2) is 0 Å². The molecule has 2 saturated heterocycles. The van der Waals surface area contributed by atoms with Gasteiger partial charge in [-0.1, -0.05) is 12.1 Å². The van der Waals surface area contributed by atoms with Crippen molar-refractivity contribution in [1.82, 2.24) is 14.9 Å². The Hall–Kier alpha value is -2.63. The van der Waals surface area contributed by atoms with Crippen LogP contribution in [0.1, 0.15) is 35.3 Å². The van der Waals surface area contributed by atoms with E-state index in [0.717, 1.165) is 39.3 Å². The number of carbonyl (C=O) groups is 1. The van der Waals surface area contributed by atoms with Gasteiger partial charge in [-0.3, -0.25) is 4.79 Å². The van der Waals surface area contributed by atoms with E-state index in [2.05, 4.69) is 51.0 Å². The van der Waals surface area contributed by atoms with Gasteiger partial charge < -0.3 is 14.7 Å². The van der Waals surface area contributed by atoms with Gasteiger partial charge in [-0.25, -0.2) is 9.97 Å². The van der Waals surface area contributed by atoms with Crippen molar-refractivity contribution >= 4 is 17.5 Å². The number of hydrogen-bond acceptors (Lipinski definition) is 5. The molecule has 0 atom stereocenters. The van der Waals surface area contributed by atoms with Crippen LogP contribution in [0.5, 0.6) is 0 Å². The van der Waals surface area contributed by atoms with Crippen LogP contribution in [-0.2, 0) is 0 Å². The van der Waals surface area contributed by atoms with E-state index >= 15 is 0 Å². The molecule has 2 fully saturated rings. The Balaban J connectivity index is 1.40. The van der Waals surface area contributed by atoms with Crippen molar-refractivity contribution in [1.29, 1.82) is 0 Å². The Morgan fingerprint density at radius 2 is 1.70 bits per heavy atom. The Morgan fingerprint density at radius 3 is 2.44 bits per heavy atom. The molecule has 0 aliphatic carbocycles. The van der Waals surface area contributed by atoms with E-state index in [-0.39, 0.29) is 5.91 Å². The first-order valence-electron chi connectivity index (χ1n) is 9.89. The first-order valence-corrected chi connectivity index (χ1v) is 9.89. The second-order valence-corrected chi connectivity index (χ2v) is 7.41. The van der Waals surface area contributed by atoms with Crippen LogP contribution >= 0.6 is 0 Å². The summed E-state index contributed by atoms with van der Waals surface area (Å²) in [5.74, 6) is 0.707. The molecule has 2 aliphatic rings. The molecule has 0 saturated carbocycles. The molecule has 0 N–H and O–H groups in total. The van der Waals surface area contributed by atoms with Crippen LogP contribution in [0.3, 0.4) is 0 Å². The van der Waals surface area contributed by atoms with E-state index < -0.39 is 0 Å². The summed E-state index contributed by atoms with van der Waals surface area (Å²) in [5, 5.41) is 0. The van der Waals surface area contributed by atoms with E-state index in [1.807, 2.05) is 4.90 Å². The summed E-state index contributed by atoms with van der Waals surface area (Å²) in [6.45, 7) is 7.20. The molecule has 3 heterocycles. The van der Waals surface area contributed by atoms with Crippen LogP contribution in [-0.4, -0.2) is 60.0 Å². The molecule has 1 aromatic carbocycles. The highest BCUT2D eigenvalue weighted by atomic mass is 16.2. The fourth-order valence-electron chi connectivity index (χ4n) is 3.87. The third-order valence-corrected chi connectivity index (χ3v) is 5.43. The molecule has 4 rings (SSSR count). The van der Waals surface area contributed by atoms with Gasteiger partial charge in [-0.2, -0.15) is 0 Å². The molecule has 0 bridgehead atoms. The number of nitrogens with zero attached hydrogens (tertiary/aromatic N) is 5. The summed E-state index contributed by atoms with van der Waals surface area (Å²) >= 11 is 0. The van der Waals surface area contributed by atoms with E-state index in [4.69, 9.17) is 0 Å². The van der Waals surface area contributed by atoms with E-state index in [1.54, 1.807) is 12.3 Å². The van der Waals surface area contributed by atoms with Gasteiger partial charge in [0.05, 0.1) is 0 Å². The number of amides is 1. The van der Waals surface area contributed by atoms with Gasteiger partial charge >= 0.3 is 0 Å². The lowest BCUT2D eigenvalue weighted by Crippen LogP contribution is -2.49. The summed E-state index contributed by atoms with van der Waals surface area (Å²) in [4.78, 5) is 28.3. The van der Waals surface area contributed by atoms with Gasteiger partial charge in [0.25, 0.3) is 5.91 Å². The molecule has 2 aromatic rings. The smallest absolute Gasteiger partial charge is 0.272 e. The molecule has 142 valence electrons. The van der Waals surface area contributed by atoms with Crippen LogP contribution in [0, 0.1) is 6.92 Å². The summed E-state index contributed by atoms with van der Waals surface area (Å²) in [5.41, 5.74) is 3.00. The number of aryl methyl sites for hydroxylation is 1. The number of anilines is 2. The molecule has 0 spiro atoms. The maximum atomic E-state index is 12.9. The molecule has 0 radical (unpaired) electrons. The van der Waals surface area contributed by atoms with Crippen molar-refractivity contribution in [3.63, 3.8) is 0 Å². The Morgan fingerprint density at radius 1 is 0.926 bits per heavy atom. The Bertz CT molecular complexity index is 795. The van der Waals surface area contributed by atoms with Crippen molar-refractivity contribution in [2.45, 2.75) is 26.2 Å². The van der Waals surface area contributed by atoms with Crippen molar-refractivity contribution in [2.75, 3.05) is 49.1 Å². The van der Waals surface area contributed by atoms with Crippen LogP contribution in [0.15, 0.2) is 36.5 Å². The number of hydrogen-bond donors (Lipinski definition) is 0. The average Bonchev–Trinajstić information content (AvgIpc) is 2.74. The lowest BCUT2D eigenvalue weighted by atomic mass is 10.1. The van der Waals surface area contributed by atoms with Crippen LogP contribution in [0.25, 0.3) is 0 Å². The van der Waals surface area contributed by atoms with Gasteiger partial charge in [0.2, 0.25) is 5.95 Å². The molecule has 6 heteroatoms. The van der Waals surface area contributed by atoms with Crippen LogP contribution < -0.4 is 9.80 Å². The standard InChI is InChI=1S/C21H27N5O/c1-17-6-5-7-18(16-17)24-12-14-25(15-13-24)20(27)19-8-9-22-21(23-19)26-10-3-2-4-11-26/h5-9,16H,2-4,10-15H2,1H3. The van der Waals surface area contributed by atoms with Crippen LogP contribution in [0.4, 0.5) is 11.6 Å². The first-order chi connectivity index (χ1) is 13.2. The first kappa shape index (κ1) is 17.8. The second kappa shape index (κ2) is 7.94. The molecule has 6 nitrogen and oxygen atoms in total. The summed E-state index contributed by atoms with van der Waals surface area (Å²) in [6, 6.07) is 10.3. The van der Waals surface area contributed by atoms with Crippen molar-refractivity contribution in [3.05, 3.63) is 47.8 Å². The van der Waals surface area contributed by atoms with Gasteiger partial charge in [-0.05, 0) is 49.9 Å². The van der Waals surface area contributed by atoms with Gasteiger partial charge in [0.1, 0.15) is 5.69 Å². The monoisotopic (exact) mass is 365 g/mol. The zero-order valence-corrected chi connectivity index (χ0v) is 16.0. The lowest BCUT2D eigenvalue weighted by molar-refractivity contribution is 0.0740. The largest absolute Gasteiger partial charge is 0.368 e. The maximum Gasteiger partial charge on any atom is 0.272 e. The highest BCUT2D eigenvalue weighted by molar-refractivity contribution is 5.92. The number of rotatable bonds is 3. The molecular formula is C21H27N5O. The fraction of sp³-hybridized carbons (Fsp3) is 0.476. The number of benzene rings is 1. The lowest BCUT2D eigenvalue weighted by Gasteiger charge is -2.36. The van der Waals surface area contributed by atoms with Gasteiger partial charge in [0, 0.05) is 51.2 Å². The SMILES string of the molecule is Cc1cccc(N2CCN(C(=O)c3ccnc(N4CCCCC4)n3)CC2)c1. The summed E-state index contributed by atoms with van der Waals surface area (Å²) < 4.78 is 0. The number of aromatic nitrogens is 2. The highest BCUT2D eigenvalue weighted by Gasteiger charge is 2.24. The van der Waals surface area contributed by atoms with Crippen molar-refractivity contribution in [3.8, 4) is 0 Å². The highest BCUT2D eigenvalue weighted by Crippen LogP contribution is 2.19. The molecule has 0 unspecified atom stereocenters. The third-order valence-electron chi connectivity index (χ3n) is 5.43. The number of piperidine rings is 1. The molecule has 27 heavy (non-hydrogen) atoms. The minimum absolute atomic E-state index is 0.0135. The Kier molecular flexibility index (Phi) is 5.23. The van der Waals surface area contributed by atoms with E-state index in [9.17, 15) is 4.79 Å². The van der Waals surface area contributed by atoms with Gasteiger partial charge in [-0.15, -0.1) is 0 Å². The molecule has 2 aliphatic heterocycles. The quantitative estimate of drug-likeness (QED) is 0.837. The normalized spacial score (nSPS) is 17.9. The molecular weight excluding hydrogens is 338 g/mol.